The highest BCUT2D eigenvalue weighted by molar-refractivity contribution is 5.92. The van der Waals surface area contributed by atoms with E-state index in [9.17, 15) is 22.8 Å². The van der Waals surface area contributed by atoms with Gasteiger partial charge in [0, 0.05) is 38.8 Å². The van der Waals surface area contributed by atoms with Crippen LogP contribution in [0.1, 0.15) is 20.3 Å². The molecule has 0 aromatic heterocycles. The lowest BCUT2D eigenvalue weighted by Crippen LogP contribution is -2.68. The highest BCUT2D eigenvalue weighted by Crippen LogP contribution is 2.33. The van der Waals surface area contributed by atoms with E-state index in [1.165, 1.54) is 6.08 Å². The molecule has 2 saturated heterocycles. The van der Waals surface area contributed by atoms with Crippen molar-refractivity contribution < 1.29 is 32.7 Å². The monoisotopic (exact) mass is 405 g/mol. The van der Waals surface area contributed by atoms with Gasteiger partial charge in [-0.3, -0.25) is 14.5 Å². The van der Waals surface area contributed by atoms with Crippen molar-refractivity contribution in [2.45, 2.75) is 38.0 Å². The van der Waals surface area contributed by atoms with Gasteiger partial charge < -0.3 is 14.9 Å². The molecule has 158 valence electrons. The third-order valence-corrected chi connectivity index (χ3v) is 4.82. The summed E-state index contributed by atoms with van der Waals surface area (Å²) in [6.45, 7) is 14.7. The Morgan fingerprint density at radius 3 is 2.25 bits per heavy atom. The zero-order valence-corrected chi connectivity index (χ0v) is 16.0. The maximum atomic E-state index is 13.0. The van der Waals surface area contributed by atoms with Crippen LogP contribution in [0.4, 0.5) is 13.2 Å². The number of aliphatic carboxylic acids is 1. The Hall–Kier alpha value is -2.36. The van der Waals surface area contributed by atoms with Crippen LogP contribution in [0, 0.1) is 0 Å². The van der Waals surface area contributed by atoms with E-state index in [1.54, 1.807) is 4.90 Å². The highest BCUT2D eigenvalue weighted by Gasteiger charge is 2.53. The van der Waals surface area contributed by atoms with E-state index in [0.29, 0.717) is 26.1 Å². The molecule has 2 aliphatic rings. The minimum absolute atomic E-state index is 0.0973. The molecule has 0 saturated carbocycles. The molecule has 2 amide bonds. The van der Waals surface area contributed by atoms with Crippen molar-refractivity contribution in [2.75, 3.05) is 32.7 Å². The van der Waals surface area contributed by atoms with E-state index >= 15 is 0 Å². The molecular weight excluding hydrogens is 379 g/mol. The van der Waals surface area contributed by atoms with Crippen molar-refractivity contribution in [3.63, 3.8) is 0 Å². The number of halogens is 3. The van der Waals surface area contributed by atoms with Gasteiger partial charge in [-0.25, -0.2) is 4.79 Å². The van der Waals surface area contributed by atoms with E-state index in [2.05, 4.69) is 18.1 Å². The second kappa shape index (κ2) is 9.22. The van der Waals surface area contributed by atoms with Crippen molar-refractivity contribution >= 4 is 17.8 Å². The zero-order chi connectivity index (χ0) is 21.7. The van der Waals surface area contributed by atoms with Crippen LogP contribution in [0.2, 0.25) is 0 Å². The number of rotatable bonds is 4. The third-order valence-electron chi connectivity index (χ3n) is 4.82. The van der Waals surface area contributed by atoms with Crippen LogP contribution >= 0.6 is 0 Å². The van der Waals surface area contributed by atoms with Gasteiger partial charge in [0.05, 0.1) is 0 Å². The first-order valence-electron chi connectivity index (χ1n) is 8.79. The fourth-order valence-corrected chi connectivity index (χ4v) is 3.40. The lowest BCUT2D eigenvalue weighted by molar-refractivity contribution is -0.192. The number of hydrogen-bond donors (Lipinski definition) is 1. The van der Waals surface area contributed by atoms with Crippen LogP contribution in [-0.2, 0) is 14.4 Å². The molecule has 1 N–H and O–H groups in total. The van der Waals surface area contributed by atoms with E-state index in [1.807, 2.05) is 24.8 Å². The van der Waals surface area contributed by atoms with Crippen LogP contribution in [0.15, 0.2) is 25.3 Å². The number of carboxylic acids is 1. The van der Waals surface area contributed by atoms with Gasteiger partial charge in [0.2, 0.25) is 11.8 Å². The van der Waals surface area contributed by atoms with Gasteiger partial charge in [-0.05, 0) is 26.3 Å². The summed E-state index contributed by atoms with van der Waals surface area (Å²) in [5, 5.41) is 7.12. The lowest BCUT2D eigenvalue weighted by Gasteiger charge is -2.48. The first-order valence-corrected chi connectivity index (χ1v) is 8.79. The number of amides is 2. The minimum Gasteiger partial charge on any atom is -0.475 e. The van der Waals surface area contributed by atoms with Crippen molar-refractivity contribution in [1.29, 1.82) is 0 Å². The maximum Gasteiger partial charge on any atom is 0.490 e. The SMILES string of the molecule is C=CCN1CCN(C(C)C)C(=O)C12CCN(C(=O)C=C)C2.O=C(O)C(F)(F)F. The second-order valence-electron chi connectivity index (χ2n) is 6.88. The van der Waals surface area contributed by atoms with E-state index in [0.717, 1.165) is 13.1 Å². The average molecular weight is 405 g/mol. The van der Waals surface area contributed by atoms with E-state index in [-0.39, 0.29) is 17.9 Å². The van der Waals surface area contributed by atoms with Crippen LogP contribution in [0.5, 0.6) is 0 Å². The molecule has 0 aliphatic carbocycles. The van der Waals surface area contributed by atoms with Crippen molar-refractivity contribution in [3.05, 3.63) is 25.3 Å². The Balaban J connectivity index is 0.000000480. The predicted molar refractivity (Wildman–Crippen MR) is 96.4 cm³/mol. The molecule has 2 aliphatic heterocycles. The largest absolute Gasteiger partial charge is 0.490 e. The molecule has 1 unspecified atom stereocenters. The normalized spacial score (nSPS) is 22.9. The number of likely N-dealkylation sites (tertiary alicyclic amines) is 1. The van der Waals surface area contributed by atoms with Crippen LogP contribution < -0.4 is 0 Å². The number of hydrogen-bond acceptors (Lipinski definition) is 4. The van der Waals surface area contributed by atoms with Crippen molar-refractivity contribution in [2.24, 2.45) is 0 Å². The Morgan fingerprint density at radius 1 is 1.25 bits per heavy atom. The lowest BCUT2D eigenvalue weighted by atomic mass is 9.90. The second-order valence-corrected chi connectivity index (χ2v) is 6.88. The third kappa shape index (κ3) is 5.12. The number of piperazine rings is 1. The average Bonchev–Trinajstić information content (AvgIpc) is 3.04. The summed E-state index contributed by atoms with van der Waals surface area (Å²) in [5.41, 5.74) is -0.588. The molecule has 7 nitrogen and oxygen atoms in total. The molecule has 10 heteroatoms. The molecule has 1 spiro atoms. The van der Waals surface area contributed by atoms with Crippen molar-refractivity contribution in [3.8, 4) is 0 Å². The van der Waals surface area contributed by atoms with Gasteiger partial charge in [-0.15, -0.1) is 6.58 Å². The summed E-state index contributed by atoms with van der Waals surface area (Å²) in [7, 11) is 0. The Kier molecular flexibility index (Phi) is 7.80. The summed E-state index contributed by atoms with van der Waals surface area (Å²) in [6.07, 6.45) is -1.25. The molecule has 1 atom stereocenters. The van der Waals surface area contributed by atoms with Gasteiger partial charge in [-0.2, -0.15) is 13.2 Å². The molecule has 2 heterocycles. The summed E-state index contributed by atoms with van der Waals surface area (Å²) >= 11 is 0. The standard InChI is InChI=1S/C16H25N3O2.C2HF3O2/c1-5-8-18-10-11-19(13(3)4)15(21)16(18)7-9-17(12-16)14(20)6-2;3-2(4,5)1(6)7/h5-6,13H,1-2,7-12H2,3-4H3;(H,6,7). The van der Waals surface area contributed by atoms with Gasteiger partial charge in [0.1, 0.15) is 5.54 Å². The van der Waals surface area contributed by atoms with Crippen molar-refractivity contribution in [1.82, 2.24) is 14.7 Å². The van der Waals surface area contributed by atoms with Gasteiger partial charge in [-0.1, -0.05) is 12.7 Å². The maximum absolute atomic E-state index is 13.0. The molecule has 2 fully saturated rings. The van der Waals surface area contributed by atoms with E-state index in [4.69, 9.17) is 9.90 Å². The molecule has 0 bridgehead atoms. The smallest absolute Gasteiger partial charge is 0.475 e. The number of nitrogens with zero attached hydrogens (tertiary/aromatic N) is 3. The Labute approximate surface area is 162 Å². The summed E-state index contributed by atoms with van der Waals surface area (Å²) in [4.78, 5) is 39.6. The molecule has 0 radical (unpaired) electrons. The van der Waals surface area contributed by atoms with Gasteiger partial charge in [0.25, 0.3) is 0 Å². The van der Waals surface area contributed by atoms with Crippen LogP contribution in [0.25, 0.3) is 0 Å². The van der Waals surface area contributed by atoms with Gasteiger partial charge in [0.15, 0.2) is 0 Å². The Bertz CT molecular complexity index is 636. The summed E-state index contributed by atoms with van der Waals surface area (Å²) in [6, 6.07) is 0.185. The molecule has 28 heavy (non-hydrogen) atoms. The number of carbonyl (C=O) groups excluding carboxylic acids is 2. The molecular formula is C18H26F3N3O4. The number of carbonyl (C=O) groups is 3. The van der Waals surface area contributed by atoms with Gasteiger partial charge >= 0.3 is 12.1 Å². The quantitative estimate of drug-likeness (QED) is 0.567. The number of alkyl halides is 3. The first-order chi connectivity index (χ1) is 12.9. The highest BCUT2D eigenvalue weighted by atomic mass is 19.4. The van der Waals surface area contributed by atoms with Crippen LogP contribution in [0.3, 0.4) is 0 Å². The molecule has 2 rings (SSSR count). The predicted octanol–water partition coefficient (Wildman–Crippen LogP) is 1.52. The molecule has 0 aromatic rings. The first kappa shape index (κ1) is 23.7. The van der Waals surface area contributed by atoms with Crippen LogP contribution in [-0.4, -0.2) is 88.1 Å². The minimum atomic E-state index is -5.08. The topological polar surface area (TPSA) is 81.2 Å². The number of carboxylic acid groups (broad SMARTS) is 1. The Morgan fingerprint density at radius 2 is 1.82 bits per heavy atom. The summed E-state index contributed by atoms with van der Waals surface area (Å²) < 4.78 is 31.7. The fraction of sp³-hybridized carbons (Fsp3) is 0.611. The summed E-state index contributed by atoms with van der Waals surface area (Å²) in [5.74, 6) is -2.71. The fourth-order valence-electron chi connectivity index (χ4n) is 3.40. The zero-order valence-electron chi connectivity index (χ0n) is 16.0. The molecule has 0 aromatic carbocycles. The van der Waals surface area contributed by atoms with E-state index < -0.39 is 17.7 Å².